The van der Waals surface area contributed by atoms with E-state index in [1.54, 1.807) is 18.2 Å². The maximum Gasteiger partial charge on any atom is 0.199 e. The van der Waals surface area contributed by atoms with E-state index < -0.39 is 0 Å². The third kappa shape index (κ3) is 1.74. The van der Waals surface area contributed by atoms with E-state index in [9.17, 15) is 9.90 Å². The van der Waals surface area contributed by atoms with Gasteiger partial charge in [-0.15, -0.1) is 0 Å². The molecule has 0 saturated heterocycles. The van der Waals surface area contributed by atoms with Crippen molar-refractivity contribution in [2.24, 2.45) is 0 Å². The summed E-state index contributed by atoms with van der Waals surface area (Å²) < 4.78 is 0. The van der Waals surface area contributed by atoms with Crippen molar-refractivity contribution in [3.63, 3.8) is 0 Å². The molecule has 3 nitrogen and oxygen atoms in total. The zero-order valence-electron chi connectivity index (χ0n) is 11.3. The highest BCUT2D eigenvalue weighted by atomic mass is 16.3. The first kappa shape index (κ1) is 12.1. The largest absolute Gasteiger partial charge is 0.506 e. The third-order valence-electron chi connectivity index (χ3n) is 3.97. The molecule has 1 heterocycles. The van der Waals surface area contributed by atoms with E-state index in [-0.39, 0.29) is 11.5 Å². The van der Waals surface area contributed by atoms with Crippen LogP contribution in [0, 0.1) is 0 Å². The normalized spacial score (nSPS) is 16.1. The van der Waals surface area contributed by atoms with E-state index in [1.165, 1.54) is 0 Å². The first-order valence-electron chi connectivity index (χ1n) is 7.01. The molecular weight excluding hydrogens is 262 g/mol. The van der Waals surface area contributed by atoms with Crippen LogP contribution in [0.3, 0.4) is 0 Å². The number of carbonyl (C=O) groups excluding carboxylic acids is 1. The minimum Gasteiger partial charge on any atom is -0.506 e. The average molecular weight is 275 g/mol. The lowest BCUT2D eigenvalue weighted by Crippen LogP contribution is -2.30. The highest BCUT2D eigenvalue weighted by Gasteiger charge is 2.31. The highest BCUT2D eigenvalue weighted by Crippen LogP contribution is 2.35. The maximum atomic E-state index is 12.5. The number of benzene rings is 1. The molecule has 3 heteroatoms. The number of hydrogen-bond acceptors (Lipinski definition) is 3. The van der Waals surface area contributed by atoms with Gasteiger partial charge in [-0.3, -0.25) is 4.79 Å². The molecule has 0 unspecified atom stereocenters. The summed E-state index contributed by atoms with van der Waals surface area (Å²) in [6, 6.07) is 10.9. The summed E-state index contributed by atoms with van der Waals surface area (Å²) in [5.74, 6) is -0.127. The van der Waals surface area contributed by atoms with Crippen LogP contribution in [0.15, 0.2) is 36.4 Å². The molecule has 1 N–H and O–H groups in total. The maximum absolute atomic E-state index is 12.5. The van der Waals surface area contributed by atoms with Gasteiger partial charge < -0.3 is 5.11 Å². The van der Waals surface area contributed by atoms with Crippen molar-refractivity contribution >= 4 is 29.3 Å². The summed E-state index contributed by atoms with van der Waals surface area (Å²) in [7, 11) is 0. The Kier molecular flexibility index (Phi) is 2.54. The van der Waals surface area contributed by atoms with E-state index in [0.29, 0.717) is 22.4 Å². The second-order valence-electron chi connectivity index (χ2n) is 5.25. The molecule has 0 atom stereocenters. The first-order valence-corrected chi connectivity index (χ1v) is 7.01. The number of aliphatic hydroxyl groups is 1. The monoisotopic (exact) mass is 275 g/mol. The molecule has 0 spiro atoms. The molecule has 2 aliphatic rings. The molecule has 4 rings (SSSR count). The zero-order valence-corrected chi connectivity index (χ0v) is 11.3. The van der Waals surface area contributed by atoms with Gasteiger partial charge >= 0.3 is 0 Å². The van der Waals surface area contributed by atoms with Gasteiger partial charge in [0.05, 0.1) is 16.6 Å². The lowest BCUT2D eigenvalue weighted by atomic mass is 10.1. The van der Waals surface area contributed by atoms with Crippen LogP contribution in [0.5, 0.6) is 0 Å². The van der Waals surface area contributed by atoms with Crippen LogP contribution < -0.4 is 10.6 Å². The van der Waals surface area contributed by atoms with Crippen molar-refractivity contribution in [3.05, 3.63) is 63.8 Å². The van der Waals surface area contributed by atoms with Gasteiger partial charge in [0.25, 0.3) is 0 Å². The number of aliphatic hydroxyl groups excluding tert-OH is 1. The number of hydrogen-bond donors (Lipinski definition) is 1. The van der Waals surface area contributed by atoms with Crippen molar-refractivity contribution in [3.8, 4) is 0 Å². The molecule has 1 aromatic heterocycles. The minimum atomic E-state index is -0.157. The Hall–Kier alpha value is -2.68. The summed E-state index contributed by atoms with van der Waals surface area (Å²) in [6.07, 6.45) is 6.20. The molecule has 0 bridgehead atoms. The van der Waals surface area contributed by atoms with Gasteiger partial charge in [-0.2, -0.15) is 0 Å². The van der Waals surface area contributed by atoms with Crippen molar-refractivity contribution in [1.82, 2.24) is 4.98 Å². The zero-order chi connectivity index (χ0) is 14.4. The number of nitrogens with zero attached hydrogens (tertiary/aromatic N) is 1. The summed E-state index contributed by atoms with van der Waals surface area (Å²) >= 11 is 0. The van der Waals surface area contributed by atoms with Crippen LogP contribution in [0.2, 0.25) is 0 Å². The van der Waals surface area contributed by atoms with Crippen LogP contribution in [-0.2, 0) is 0 Å². The molecule has 2 aliphatic carbocycles. The van der Waals surface area contributed by atoms with Crippen LogP contribution in [0.1, 0.15) is 34.5 Å². The fraction of sp³-hybridized carbons (Fsp3) is 0.111. The molecule has 0 radical (unpaired) electrons. The van der Waals surface area contributed by atoms with E-state index >= 15 is 0 Å². The van der Waals surface area contributed by atoms with Crippen LogP contribution in [-0.4, -0.2) is 15.9 Å². The minimum absolute atomic E-state index is 0.0304. The fourth-order valence-electron chi connectivity index (χ4n) is 2.92. The second kappa shape index (κ2) is 4.42. The Labute approximate surface area is 121 Å². The lowest BCUT2D eigenvalue weighted by Gasteiger charge is -2.04. The van der Waals surface area contributed by atoms with E-state index in [4.69, 9.17) is 0 Å². The van der Waals surface area contributed by atoms with Gasteiger partial charge in [0, 0.05) is 11.1 Å². The molecule has 21 heavy (non-hydrogen) atoms. The first-order chi connectivity index (χ1) is 10.3. The smallest absolute Gasteiger partial charge is 0.199 e. The topological polar surface area (TPSA) is 50.2 Å². The van der Waals surface area contributed by atoms with Gasteiger partial charge in [0.2, 0.25) is 0 Å². The Morgan fingerprint density at radius 1 is 0.952 bits per heavy atom. The third-order valence-corrected chi connectivity index (χ3v) is 3.97. The molecule has 1 aromatic carbocycles. The predicted molar refractivity (Wildman–Crippen MR) is 81.9 cm³/mol. The van der Waals surface area contributed by atoms with Crippen molar-refractivity contribution < 1.29 is 9.90 Å². The van der Waals surface area contributed by atoms with Crippen LogP contribution in [0.4, 0.5) is 0 Å². The average Bonchev–Trinajstić information content (AvgIpc) is 2.79. The summed E-state index contributed by atoms with van der Waals surface area (Å²) in [6.45, 7) is 0. The van der Waals surface area contributed by atoms with Gasteiger partial charge in [0.15, 0.2) is 5.78 Å². The van der Waals surface area contributed by atoms with Gasteiger partial charge in [-0.25, -0.2) is 4.98 Å². The summed E-state index contributed by atoms with van der Waals surface area (Å²) in [4.78, 5) is 17.1. The van der Waals surface area contributed by atoms with E-state index in [1.807, 2.05) is 18.2 Å². The lowest BCUT2D eigenvalue weighted by molar-refractivity contribution is 0.105. The van der Waals surface area contributed by atoms with Crippen molar-refractivity contribution in [2.75, 3.05) is 0 Å². The molecule has 0 amide bonds. The van der Waals surface area contributed by atoms with Gasteiger partial charge in [-0.1, -0.05) is 42.5 Å². The number of fused-ring (bicyclic) bond motifs is 2. The van der Waals surface area contributed by atoms with Crippen molar-refractivity contribution in [2.45, 2.75) is 12.8 Å². The molecule has 0 saturated carbocycles. The molecule has 102 valence electrons. The highest BCUT2D eigenvalue weighted by molar-refractivity contribution is 6.38. The molecule has 2 aromatic rings. The van der Waals surface area contributed by atoms with Crippen LogP contribution in [0.25, 0.3) is 23.5 Å². The van der Waals surface area contributed by atoms with Gasteiger partial charge in [0.1, 0.15) is 5.76 Å². The van der Waals surface area contributed by atoms with Gasteiger partial charge in [-0.05, 0) is 24.1 Å². The summed E-state index contributed by atoms with van der Waals surface area (Å²) in [5, 5.41) is 12.4. The van der Waals surface area contributed by atoms with Crippen LogP contribution >= 0.6 is 0 Å². The number of Topliss-reactive ketones (excluding diaryl/α,β-unsaturated/α-hetero) is 1. The van der Waals surface area contributed by atoms with Crippen molar-refractivity contribution in [1.29, 1.82) is 0 Å². The number of carbonyl (C=O) groups is 1. The predicted octanol–water partition coefficient (Wildman–Crippen LogP) is 2.06. The number of allylic oxidation sites excluding steroid dienone is 1. The quantitative estimate of drug-likeness (QED) is 0.866. The fourth-order valence-corrected chi connectivity index (χ4v) is 2.92. The second-order valence-corrected chi connectivity index (χ2v) is 5.25. The number of aromatic nitrogens is 1. The number of ketones is 1. The van der Waals surface area contributed by atoms with E-state index in [0.717, 1.165) is 23.4 Å². The van der Waals surface area contributed by atoms with E-state index in [2.05, 4.69) is 17.1 Å². The molecular formula is C18H13NO2. The molecule has 0 aliphatic heterocycles. The molecule has 0 fully saturated rings. The Bertz CT molecular complexity index is 922. The number of rotatable bonds is 1. The SMILES string of the molecule is O=C1C(c2ccc3c(n2)=CCCC=3)=C(O)c2ccccc21. The number of pyridine rings is 1. The Balaban J connectivity index is 1.93. The Morgan fingerprint density at radius 3 is 2.52 bits per heavy atom. The Morgan fingerprint density at radius 2 is 1.71 bits per heavy atom. The summed E-state index contributed by atoms with van der Waals surface area (Å²) in [5.41, 5.74) is 1.98. The standard InChI is InChI=1S/C18H13NO2/c20-17-12-6-2-3-7-13(12)18(21)16(17)15-10-9-11-5-1-4-8-14(11)19-15/h2-3,5-10,20H,1,4H2.